The van der Waals surface area contributed by atoms with Crippen LogP contribution in [-0.4, -0.2) is 19.3 Å². The minimum atomic E-state index is -4.42. The van der Waals surface area contributed by atoms with Gasteiger partial charge in [0, 0.05) is 41.8 Å². The van der Waals surface area contributed by atoms with Crippen LogP contribution < -0.4 is 0 Å². The molecular weight excluding hydrogens is 349 g/mol. The predicted octanol–water partition coefficient (Wildman–Crippen LogP) is 4.44. The van der Waals surface area contributed by atoms with Gasteiger partial charge in [0.15, 0.2) is 5.65 Å². The fourth-order valence-electron chi connectivity index (χ4n) is 3.06. The zero-order valence-electron chi connectivity index (χ0n) is 13.4. The van der Waals surface area contributed by atoms with Gasteiger partial charge in [0.05, 0.1) is 16.0 Å². The maximum atomic E-state index is 12.8. The van der Waals surface area contributed by atoms with Crippen molar-refractivity contribution in [2.45, 2.75) is 6.18 Å². The number of nitro benzene ring substituents is 1. The van der Waals surface area contributed by atoms with Crippen molar-refractivity contribution in [1.29, 1.82) is 0 Å². The summed E-state index contributed by atoms with van der Waals surface area (Å²) in [4.78, 5) is 10.6. The molecule has 0 aliphatic heterocycles. The van der Waals surface area contributed by atoms with E-state index in [-0.39, 0.29) is 5.69 Å². The first-order chi connectivity index (χ1) is 12.3. The Bertz CT molecular complexity index is 1160. The number of aromatic nitrogens is 3. The molecule has 0 fully saturated rings. The average Bonchev–Trinajstić information content (AvgIpc) is 3.08. The van der Waals surface area contributed by atoms with Gasteiger partial charge >= 0.3 is 6.18 Å². The Balaban J connectivity index is 2.00. The lowest BCUT2D eigenvalue weighted by atomic mass is 10.2. The van der Waals surface area contributed by atoms with Gasteiger partial charge < -0.3 is 0 Å². The minimum Gasteiger partial charge on any atom is -0.292 e. The molecule has 9 heteroatoms. The van der Waals surface area contributed by atoms with E-state index in [4.69, 9.17) is 0 Å². The number of hydrogen-bond acceptors (Lipinski definition) is 3. The molecule has 132 valence electrons. The average molecular weight is 360 g/mol. The van der Waals surface area contributed by atoms with Gasteiger partial charge in [0.25, 0.3) is 5.69 Å². The summed E-state index contributed by atoms with van der Waals surface area (Å²) < 4.78 is 41.7. The standard InChI is InChI=1S/C17H11F3N4O2/c1-22-9-14-13-8-12(24(25)26)6-7-15(13)23(16(14)21-22)11-4-2-10(3-5-11)17(18,19)20/h2-9H,1H3. The summed E-state index contributed by atoms with van der Waals surface area (Å²) >= 11 is 0. The Hall–Kier alpha value is -3.36. The van der Waals surface area contributed by atoms with Crippen LogP contribution in [0.2, 0.25) is 0 Å². The van der Waals surface area contributed by atoms with Crippen LogP contribution in [0, 0.1) is 10.1 Å². The molecule has 0 aliphatic rings. The maximum absolute atomic E-state index is 12.8. The van der Waals surface area contributed by atoms with Crippen LogP contribution >= 0.6 is 0 Å². The number of halogens is 3. The number of alkyl halides is 3. The number of hydrogen-bond donors (Lipinski definition) is 0. The summed E-state index contributed by atoms with van der Waals surface area (Å²) in [7, 11) is 1.71. The van der Waals surface area contributed by atoms with Crippen LogP contribution in [0.5, 0.6) is 0 Å². The number of benzene rings is 2. The van der Waals surface area contributed by atoms with Crippen LogP contribution in [0.3, 0.4) is 0 Å². The number of aryl methyl sites for hydroxylation is 1. The third-order valence-electron chi connectivity index (χ3n) is 4.20. The fraction of sp³-hybridized carbons (Fsp3) is 0.118. The van der Waals surface area contributed by atoms with E-state index in [1.54, 1.807) is 28.6 Å². The maximum Gasteiger partial charge on any atom is 0.416 e. The molecule has 4 aromatic rings. The highest BCUT2D eigenvalue weighted by Gasteiger charge is 2.30. The molecule has 2 heterocycles. The van der Waals surface area contributed by atoms with Gasteiger partial charge in [-0.3, -0.25) is 19.4 Å². The molecule has 2 aromatic heterocycles. The summed E-state index contributed by atoms with van der Waals surface area (Å²) in [5.41, 5.74) is 0.834. The Labute approximate surface area is 144 Å². The number of nitro groups is 1. The Morgan fingerprint density at radius 2 is 1.77 bits per heavy atom. The van der Waals surface area contributed by atoms with Crippen molar-refractivity contribution in [3.8, 4) is 5.69 Å². The normalized spacial score (nSPS) is 12.2. The van der Waals surface area contributed by atoms with Crippen LogP contribution in [0.15, 0.2) is 48.7 Å². The van der Waals surface area contributed by atoms with E-state index in [2.05, 4.69) is 5.10 Å². The second kappa shape index (κ2) is 5.32. The number of non-ortho nitro benzene ring substituents is 1. The molecule has 0 aliphatic carbocycles. The summed E-state index contributed by atoms with van der Waals surface area (Å²) in [6, 6.07) is 9.10. The summed E-state index contributed by atoms with van der Waals surface area (Å²) in [6.07, 6.45) is -2.69. The molecule has 0 unspecified atom stereocenters. The van der Waals surface area contributed by atoms with Crippen molar-refractivity contribution in [3.63, 3.8) is 0 Å². The molecule has 0 N–H and O–H groups in total. The van der Waals surface area contributed by atoms with Crippen molar-refractivity contribution >= 4 is 27.6 Å². The van der Waals surface area contributed by atoms with E-state index in [0.717, 1.165) is 12.1 Å². The molecule has 26 heavy (non-hydrogen) atoms. The van der Waals surface area contributed by atoms with E-state index >= 15 is 0 Å². The van der Waals surface area contributed by atoms with E-state index in [1.807, 2.05) is 0 Å². The first-order valence-corrected chi connectivity index (χ1v) is 7.55. The number of nitrogens with zero attached hydrogens (tertiary/aromatic N) is 4. The molecule has 4 rings (SSSR count). The van der Waals surface area contributed by atoms with E-state index in [9.17, 15) is 23.3 Å². The van der Waals surface area contributed by atoms with Crippen molar-refractivity contribution < 1.29 is 18.1 Å². The van der Waals surface area contributed by atoms with Gasteiger partial charge in [-0.15, -0.1) is 0 Å². The van der Waals surface area contributed by atoms with E-state index in [0.29, 0.717) is 27.6 Å². The van der Waals surface area contributed by atoms with Gasteiger partial charge in [0.1, 0.15) is 0 Å². The van der Waals surface area contributed by atoms with Crippen molar-refractivity contribution in [3.05, 3.63) is 64.3 Å². The van der Waals surface area contributed by atoms with Crippen LogP contribution in [0.4, 0.5) is 18.9 Å². The van der Waals surface area contributed by atoms with E-state index in [1.165, 1.54) is 24.3 Å². The molecule has 0 bridgehead atoms. The molecule has 0 spiro atoms. The van der Waals surface area contributed by atoms with Crippen LogP contribution in [0.25, 0.3) is 27.6 Å². The first-order valence-electron chi connectivity index (χ1n) is 7.55. The highest BCUT2D eigenvalue weighted by molar-refractivity contribution is 6.08. The third-order valence-corrected chi connectivity index (χ3v) is 4.20. The lowest BCUT2D eigenvalue weighted by Crippen LogP contribution is -2.05. The molecule has 0 atom stereocenters. The van der Waals surface area contributed by atoms with Crippen LogP contribution in [-0.2, 0) is 13.2 Å². The molecular formula is C17H11F3N4O2. The molecule has 0 saturated heterocycles. The zero-order valence-corrected chi connectivity index (χ0v) is 13.4. The smallest absolute Gasteiger partial charge is 0.292 e. The molecule has 2 aromatic carbocycles. The molecule has 0 radical (unpaired) electrons. The quantitative estimate of drug-likeness (QED) is 0.392. The second-order valence-corrected chi connectivity index (χ2v) is 5.88. The van der Waals surface area contributed by atoms with Crippen molar-refractivity contribution in [2.75, 3.05) is 0 Å². The highest BCUT2D eigenvalue weighted by Crippen LogP contribution is 2.35. The molecule has 6 nitrogen and oxygen atoms in total. The van der Waals surface area contributed by atoms with Crippen molar-refractivity contribution in [2.24, 2.45) is 7.05 Å². The molecule has 0 saturated carbocycles. The topological polar surface area (TPSA) is 65.9 Å². The Morgan fingerprint density at radius 1 is 1.08 bits per heavy atom. The van der Waals surface area contributed by atoms with Gasteiger partial charge in [0.2, 0.25) is 0 Å². The zero-order chi connectivity index (χ0) is 18.6. The summed E-state index contributed by atoms with van der Waals surface area (Å²) in [5, 5.41) is 16.7. The summed E-state index contributed by atoms with van der Waals surface area (Å²) in [5.74, 6) is 0. The number of fused-ring (bicyclic) bond motifs is 3. The van der Waals surface area contributed by atoms with Crippen LogP contribution in [0.1, 0.15) is 5.56 Å². The lowest BCUT2D eigenvalue weighted by molar-refractivity contribution is -0.384. The molecule has 0 amide bonds. The predicted molar refractivity (Wildman–Crippen MR) is 89.2 cm³/mol. The SMILES string of the molecule is Cn1cc2c3cc([N+](=O)[O-])ccc3n(-c3ccc(C(F)(F)F)cc3)c2n1. The Morgan fingerprint density at radius 3 is 2.38 bits per heavy atom. The largest absolute Gasteiger partial charge is 0.416 e. The first kappa shape index (κ1) is 16.1. The number of rotatable bonds is 2. The monoisotopic (exact) mass is 360 g/mol. The van der Waals surface area contributed by atoms with Gasteiger partial charge in [-0.05, 0) is 30.3 Å². The van der Waals surface area contributed by atoms with Gasteiger partial charge in [-0.1, -0.05) is 0 Å². The highest BCUT2D eigenvalue weighted by atomic mass is 19.4. The lowest BCUT2D eigenvalue weighted by Gasteiger charge is -2.10. The van der Waals surface area contributed by atoms with Gasteiger partial charge in [-0.2, -0.15) is 18.3 Å². The summed E-state index contributed by atoms with van der Waals surface area (Å²) in [6.45, 7) is 0. The second-order valence-electron chi connectivity index (χ2n) is 5.88. The van der Waals surface area contributed by atoms with Crippen molar-refractivity contribution in [1.82, 2.24) is 14.3 Å². The fourth-order valence-corrected chi connectivity index (χ4v) is 3.06. The van der Waals surface area contributed by atoms with E-state index < -0.39 is 16.7 Å². The Kier molecular flexibility index (Phi) is 3.30. The third kappa shape index (κ3) is 2.40. The minimum absolute atomic E-state index is 0.0622. The van der Waals surface area contributed by atoms with Gasteiger partial charge in [-0.25, -0.2) is 0 Å².